The summed E-state index contributed by atoms with van der Waals surface area (Å²) in [5, 5.41) is 11.7. The number of nitrogens with one attached hydrogen (secondary N) is 1. The van der Waals surface area contributed by atoms with Crippen LogP contribution in [0.3, 0.4) is 0 Å². The summed E-state index contributed by atoms with van der Waals surface area (Å²) in [4.78, 5) is 23.7. The number of aryl methyl sites for hydroxylation is 1. The second-order valence-corrected chi connectivity index (χ2v) is 6.26. The van der Waals surface area contributed by atoms with Crippen molar-refractivity contribution < 1.29 is 14.7 Å². The minimum atomic E-state index is -0.853. The summed E-state index contributed by atoms with van der Waals surface area (Å²) in [7, 11) is 0. The van der Waals surface area contributed by atoms with E-state index in [4.69, 9.17) is 5.11 Å². The SMILES string of the molecule is Cc1ccc(SCC(=O)NC(CC(=O)O)C2CC2)cc1. The first-order valence-electron chi connectivity index (χ1n) is 6.75. The second-order valence-electron chi connectivity index (χ2n) is 5.21. The lowest BCUT2D eigenvalue weighted by Gasteiger charge is -2.16. The molecule has 0 spiro atoms. The van der Waals surface area contributed by atoms with Crippen molar-refractivity contribution in [3.8, 4) is 0 Å². The maximum Gasteiger partial charge on any atom is 0.305 e. The zero-order valence-corrected chi connectivity index (χ0v) is 12.3. The van der Waals surface area contributed by atoms with Gasteiger partial charge in [-0.05, 0) is 37.8 Å². The Bertz CT molecular complexity index is 482. The van der Waals surface area contributed by atoms with Gasteiger partial charge in [0.15, 0.2) is 0 Å². The summed E-state index contributed by atoms with van der Waals surface area (Å²) in [5.74, 6) is -0.271. The van der Waals surface area contributed by atoms with Gasteiger partial charge in [-0.25, -0.2) is 0 Å². The molecule has 4 nitrogen and oxygen atoms in total. The Kier molecular flexibility index (Phi) is 5.06. The Balaban J connectivity index is 1.79. The van der Waals surface area contributed by atoms with Gasteiger partial charge in [-0.1, -0.05) is 17.7 Å². The van der Waals surface area contributed by atoms with Gasteiger partial charge in [-0.3, -0.25) is 9.59 Å². The molecule has 0 heterocycles. The molecule has 5 heteroatoms. The molecular formula is C15H19NO3S. The molecule has 1 fully saturated rings. The number of carboxylic acid groups (broad SMARTS) is 1. The minimum Gasteiger partial charge on any atom is -0.481 e. The van der Waals surface area contributed by atoms with E-state index in [-0.39, 0.29) is 18.4 Å². The lowest BCUT2D eigenvalue weighted by molar-refractivity contribution is -0.137. The van der Waals surface area contributed by atoms with Gasteiger partial charge in [0, 0.05) is 10.9 Å². The van der Waals surface area contributed by atoms with Gasteiger partial charge in [-0.2, -0.15) is 0 Å². The van der Waals surface area contributed by atoms with E-state index in [1.54, 1.807) is 0 Å². The molecule has 1 atom stereocenters. The second kappa shape index (κ2) is 6.79. The largest absolute Gasteiger partial charge is 0.481 e. The molecule has 108 valence electrons. The highest BCUT2D eigenvalue weighted by atomic mass is 32.2. The predicted molar refractivity (Wildman–Crippen MR) is 78.8 cm³/mol. The van der Waals surface area contributed by atoms with Crippen LogP contribution in [-0.4, -0.2) is 28.8 Å². The zero-order valence-electron chi connectivity index (χ0n) is 11.5. The van der Waals surface area contributed by atoms with E-state index in [9.17, 15) is 9.59 Å². The van der Waals surface area contributed by atoms with E-state index in [0.717, 1.165) is 17.7 Å². The van der Waals surface area contributed by atoms with Gasteiger partial charge in [-0.15, -0.1) is 11.8 Å². The third-order valence-corrected chi connectivity index (χ3v) is 4.33. The highest BCUT2D eigenvalue weighted by Crippen LogP contribution is 2.34. The standard InChI is InChI=1S/C15H19NO3S/c1-10-2-6-12(7-3-10)20-9-14(17)16-13(8-15(18)19)11-4-5-11/h2-3,6-7,11,13H,4-5,8-9H2,1H3,(H,16,17)(H,18,19). The van der Waals surface area contributed by atoms with Crippen molar-refractivity contribution in [2.45, 2.75) is 37.1 Å². The molecule has 0 bridgehead atoms. The molecule has 1 amide bonds. The number of benzene rings is 1. The van der Waals surface area contributed by atoms with Crippen molar-refractivity contribution in [2.75, 3.05) is 5.75 Å². The average molecular weight is 293 g/mol. The lowest BCUT2D eigenvalue weighted by atomic mass is 10.1. The van der Waals surface area contributed by atoms with Crippen molar-refractivity contribution in [1.82, 2.24) is 5.32 Å². The van der Waals surface area contributed by atoms with Crippen LogP contribution >= 0.6 is 11.8 Å². The van der Waals surface area contributed by atoms with Crippen molar-refractivity contribution in [3.63, 3.8) is 0 Å². The lowest BCUT2D eigenvalue weighted by Crippen LogP contribution is -2.39. The first-order valence-corrected chi connectivity index (χ1v) is 7.74. The fraction of sp³-hybridized carbons (Fsp3) is 0.467. The van der Waals surface area contributed by atoms with Crippen LogP contribution in [0.2, 0.25) is 0 Å². The molecule has 1 saturated carbocycles. The maximum atomic E-state index is 11.9. The molecule has 2 N–H and O–H groups in total. The fourth-order valence-corrected chi connectivity index (χ4v) is 2.76. The predicted octanol–water partition coefficient (Wildman–Crippen LogP) is 2.46. The van der Waals surface area contributed by atoms with E-state index in [1.165, 1.54) is 17.3 Å². The monoisotopic (exact) mass is 293 g/mol. The Morgan fingerprint density at radius 1 is 1.35 bits per heavy atom. The Labute approximate surface area is 123 Å². The molecule has 0 saturated heterocycles. The van der Waals surface area contributed by atoms with E-state index in [1.807, 2.05) is 31.2 Å². The molecule has 1 aliphatic rings. The molecule has 1 aliphatic carbocycles. The van der Waals surface area contributed by atoms with Crippen LogP contribution in [0, 0.1) is 12.8 Å². The molecule has 1 aromatic rings. The topological polar surface area (TPSA) is 66.4 Å². The summed E-state index contributed by atoms with van der Waals surface area (Å²) < 4.78 is 0. The fourth-order valence-electron chi connectivity index (χ4n) is 2.05. The van der Waals surface area contributed by atoms with Crippen LogP contribution in [0.25, 0.3) is 0 Å². The summed E-state index contributed by atoms with van der Waals surface area (Å²) in [6.45, 7) is 2.02. The number of hydrogen-bond acceptors (Lipinski definition) is 3. The molecule has 1 aromatic carbocycles. The molecular weight excluding hydrogens is 274 g/mol. The van der Waals surface area contributed by atoms with Crippen LogP contribution in [0.15, 0.2) is 29.2 Å². The van der Waals surface area contributed by atoms with Crippen LogP contribution in [0.5, 0.6) is 0 Å². The summed E-state index contributed by atoms with van der Waals surface area (Å²) >= 11 is 1.47. The number of carbonyl (C=O) groups is 2. The molecule has 20 heavy (non-hydrogen) atoms. The number of carbonyl (C=O) groups excluding carboxylic acids is 1. The van der Waals surface area contributed by atoms with Crippen molar-refractivity contribution in [3.05, 3.63) is 29.8 Å². The summed E-state index contributed by atoms with van der Waals surface area (Å²) in [6, 6.07) is 7.79. The molecule has 0 aliphatic heterocycles. The normalized spacial score (nSPS) is 15.7. The number of carboxylic acids is 1. The highest BCUT2D eigenvalue weighted by Gasteiger charge is 2.33. The van der Waals surface area contributed by atoms with Gasteiger partial charge in [0.05, 0.1) is 12.2 Å². The maximum absolute atomic E-state index is 11.9. The van der Waals surface area contributed by atoms with Crippen molar-refractivity contribution >= 4 is 23.6 Å². The van der Waals surface area contributed by atoms with E-state index < -0.39 is 5.97 Å². The Hall–Kier alpha value is -1.49. The first-order chi connectivity index (χ1) is 9.54. The molecule has 0 aromatic heterocycles. The van der Waals surface area contributed by atoms with Crippen LogP contribution < -0.4 is 5.32 Å². The van der Waals surface area contributed by atoms with Crippen LogP contribution in [0.1, 0.15) is 24.8 Å². The quantitative estimate of drug-likeness (QED) is 0.758. The zero-order chi connectivity index (χ0) is 14.5. The van der Waals surface area contributed by atoms with Crippen LogP contribution in [-0.2, 0) is 9.59 Å². The van der Waals surface area contributed by atoms with Crippen molar-refractivity contribution in [1.29, 1.82) is 0 Å². The van der Waals surface area contributed by atoms with Gasteiger partial charge < -0.3 is 10.4 Å². The number of aliphatic carboxylic acids is 1. The third kappa shape index (κ3) is 4.89. The number of rotatable bonds is 7. The summed E-state index contributed by atoms with van der Waals surface area (Å²) in [5.41, 5.74) is 1.19. The molecule has 2 rings (SSSR count). The number of amides is 1. The van der Waals surface area contributed by atoms with Gasteiger partial charge in [0.2, 0.25) is 5.91 Å². The Morgan fingerprint density at radius 3 is 2.55 bits per heavy atom. The van der Waals surface area contributed by atoms with E-state index >= 15 is 0 Å². The van der Waals surface area contributed by atoms with E-state index in [0.29, 0.717) is 11.7 Å². The van der Waals surface area contributed by atoms with Gasteiger partial charge in [0.1, 0.15) is 0 Å². The highest BCUT2D eigenvalue weighted by molar-refractivity contribution is 8.00. The summed E-state index contributed by atoms with van der Waals surface area (Å²) in [6.07, 6.45) is 2.05. The van der Waals surface area contributed by atoms with E-state index in [2.05, 4.69) is 5.32 Å². The smallest absolute Gasteiger partial charge is 0.305 e. The third-order valence-electron chi connectivity index (χ3n) is 3.32. The van der Waals surface area contributed by atoms with Crippen molar-refractivity contribution in [2.24, 2.45) is 5.92 Å². The first kappa shape index (κ1) is 14.9. The minimum absolute atomic E-state index is 0.0194. The number of hydrogen-bond donors (Lipinski definition) is 2. The Morgan fingerprint density at radius 2 is 2.00 bits per heavy atom. The molecule has 1 unspecified atom stereocenters. The van der Waals surface area contributed by atoms with Gasteiger partial charge >= 0.3 is 5.97 Å². The number of thioether (sulfide) groups is 1. The van der Waals surface area contributed by atoms with Gasteiger partial charge in [0.25, 0.3) is 0 Å². The average Bonchev–Trinajstić information content (AvgIpc) is 3.21. The van der Waals surface area contributed by atoms with Crippen LogP contribution in [0.4, 0.5) is 0 Å². The molecule has 0 radical (unpaired) electrons.